The number of alkyl halides is 3. The van der Waals surface area contributed by atoms with Crippen LogP contribution in [0.3, 0.4) is 0 Å². The summed E-state index contributed by atoms with van der Waals surface area (Å²) in [6.45, 7) is 1.47. The van der Waals surface area contributed by atoms with Gasteiger partial charge in [0.05, 0.1) is 36.1 Å². The fourth-order valence-electron chi connectivity index (χ4n) is 2.80. The first kappa shape index (κ1) is 14.0. The van der Waals surface area contributed by atoms with Crippen LogP contribution in [0.25, 0.3) is 11.0 Å². The minimum Gasteiger partial charge on any atom is -0.346 e. The van der Waals surface area contributed by atoms with Gasteiger partial charge in [-0.05, 0) is 30.9 Å². The number of ether oxygens (including phenoxy) is 2. The molecule has 1 aromatic carbocycles. The molecule has 1 saturated carbocycles. The first-order chi connectivity index (χ1) is 10.5. The van der Waals surface area contributed by atoms with Crippen molar-refractivity contribution in [2.24, 2.45) is 5.92 Å². The Labute approximate surface area is 124 Å². The van der Waals surface area contributed by atoms with Crippen molar-refractivity contribution < 1.29 is 22.6 Å². The van der Waals surface area contributed by atoms with Crippen molar-refractivity contribution in [2.75, 3.05) is 13.2 Å². The molecule has 1 aliphatic heterocycles. The zero-order valence-corrected chi connectivity index (χ0v) is 11.8. The van der Waals surface area contributed by atoms with E-state index in [0.717, 1.165) is 18.9 Å². The molecule has 2 fully saturated rings. The lowest BCUT2D eigenvalue weighted by molar-refractivity contribution is -0.137. The van der Waals surface area contributed by atoms with E-state index in [0.29, 0.717) is 42.3 Å². The van der Waals surface area contributed by atoms with Crippen molar-refractivity contribution in [2.45, 2.75) is 31.9 Å². The Morgan fingerprint density at radius 3 is 2.55 bits per heavy atom. The van der Waals surface area contributed by atoms with E-state index >= 15 is 0 Å². The van der Waals surface area contributed by atoms with Gasteiger partial charge in [0.15, 0.2) is 6.29 Å². The molecule has 7 heteroatoms. The lowest BCUT2D eigenvalue weighted by atomic mass is 10.1. The summed E-state index contributed by atoms with van der Waals surface area (Å²) in [4.78, 5) is 4.30. The first-order valence-corrected chi connectivity index (χ1v) is 7.31. The molecular formula is C15H15F3N2O2. The summed E-state index contributed by atoms with van der Waals surface area (Å²) in [5.41, 5.74) is 0.694. The molecule has 4 rings (SSSR count). The molecule has 0 radical (unpaired) electrons. The van der Waals surface area contributed by atoms with Crippen LogP contribution in [-0.2, 0) is 22.2 Å². The van der Waals surface area contributed by atoms with Crippen LogP contribution >= 0.6 is 0 Å². The van der Waals surface area contributed by atoms with Gasteiger partial charge in [-0.15, -0.1) is 0 Å². The zero-order chi connectivity index (χ0) is 15.3. The van der Waals surface area contributed by atoms with E-state index in [2.05, 4.69) is 4.98 Å². The van der Waals surface area contributed by atoms with Crippen molar-refractivity contribution in [1.82, 2.24) is 9.55 Å². The van der Waals surface area contributed by atoms with Gasteiger partial charge in [0, 0.05) is 12.1 Å². The Hall–Kier alpha value is -1.60. The second-order valence-electron chi connectivity index (χ2n) is 5.84. The van der Waals surface area contributed by atoms with Crippen LogP contribution < -0.4 is 0 Å². The fraction of sp³-hybridized carbons (Fsp3) is 0.533. The van der Waals surface area contributed by atoms with Gasteiger partial charge < -0.3 is 14.0 Å². The number of fused-ring (bicyclic) bond motifs is 1. The van der Waals surface area contributed by atoms with Gasteiger partial charge in [0.1, 0.15) is 0 Å². The Balaban J connectivity index is 1.86. The van der Waals surface area contributed by atoms with E-state index in [1.54, 1.807) is 10.9 Å². The van der Waals surface area contributed by atoms with Gasteiger partial charge in [0.2, 0.25) is 0 Å². The number of benzene rings is 1. The van der Waals surface area contributed by atoms with E-state index in [1.807, 2.05) is 0 Å². The molecule has 4 nitrogen and oxygen atoms in total. The maximum atomic E-state index is 13.2. The topological polar surface area (TPSA) is 36.3 Å². The molecule has 0 spiro atoms. The van der Waals surface area contributed by atoms with Crippen LogP contribution in [0.15, 0.2) is 18.5 Å². The number of imidazole rings is 1. The Bertz CT molecular complexity index is 701. The molecule has 0 N–H and O–H groups in total. The summed E-state index contributed by atoms with van der Waals surface area (Å²) in [5.74, 6) is 0.550. The van der Waals surface area contributed by atoms with Crippen molar-refractivity contribution >= 4 is 11.0 Å². The van der Waals surface area contributed by atoms with Crippen LogP contribution in [0.4, 0.5) is 13.2 Å². The molecule has 1 aromatic heterocycles. The number of nitrogens with zero attached hydrogens (tertiary/aromatic N) is 2. The molecule has 1 aliphatic carbocycles. The number of aromatic nitrogens is 2. The van der Waals surface area contributed by atoms with Gasteiger partial charge in [-0.1, -0.05) is 0 Å². The fourth-order valence-corrected chi connectivity index (χ4v) is 2.80. The van der Waals surface area contributed by atoms with Crippen LogP contribution in [0.2, 0.25) is 0 Å². The Morgan fingerprint density at radius 1 is 1.18 bits per heavy atom. The molecule has 0 atom stereocenters. The van der Waals surface area contributed by atoms with Gasteiger partial charge in [-0.2, -0.15) is 13.2 Å². The second kappa shape index (κ2) is 4.96. The van der Waals surface area contributed by atoms with Gasteiger partial charge in [-0.25, -0.2) is 4.98 Å². The third kappa shape index (κ3) is 2.48. The number of halogens is 3. The SMILES string of the molecule is FC(F)(F)c1cc(C2OCCO2)c2ncn(CC3CC3)c2c1. The average Bonchev–Trinajstić information content (AvgIpc) is 2.98. The first-order valence-electron chi connectivity index (χ1n) is 7.31. The van der Waals surface area contributed by atoms with Crippen molar-refractivity contribution in [3.05, 3.63) is 29.6 Å². The number of rotatable bonds is 3. The third-order valence-electron chi connectivity index (χ3n) is 4.11. The minimum atomic E-state index is -4.41. The maximum Gasteiger partial charge on any atom is 0.416 e. The van der Waals surface area contributed by atoms with Crippen molar-refractivity contribution in [1.29, 1.82) is 0 Å². The van der Waals surface area contributed by atoms with Gasteiger partial charge >= 0.3 is 6.18 Å². The molecule has 0 unspecified atom stereocenters. The normalized spacial score (nSPS) is 20.1. The average molecular weight is 312 g/mol. The largest absolute Gasteiger partial charge is 0.416 e. The quantitative estimate of drug-likeness (QED) is 0.870. The predicted octanol–water partition coefficient (Wildman–Crippen LogP) is 3.51. The monoisotopic (exact) mass is 312 g/mol. The zero-order valence-electron chi connectivity index (χ0n) is 11.8. The molecule has 2 aliphatic rings. The summed E-state index contributed by atoms with van der Waals surface area (Å²) >= 11 is 0. The van der Waals surface area contributed by atoms with Crippen LogP contribution in [0.5, 0.6) is 0 Å². The summed E-state index contributed by atoms with van der Waals surface area (Å²) < 4.78 is 52.1. The highest BCUT2D eigenvalue weighted by Gasteiger charge is 2.34. The van der Waals surface area contributed by atoms with E-state index in [9.17, 15) is 13.2 Å². The third-order valence-corrected chi connectivity index (χ3v) is 4.11. The van der Waals surface area contributed by atoms with E-state index in [-0.39, 0.29) is 0 Å². The number of hydrogen-bond donors (Lipinski definition) is 0. The summed E-state index contributed by atoms with van der Waals surface area (Å²) in [7, 11) is 0. The maximum absolute atomic E-state index is 13.2. The molecule has 0 amide bonds. The number of hydrogen-bond acceptors (Lipinski definition) is 3. The Kier molecular flexibility index (Phi) is 3.16. The highest BCUT2D eigenvalue weighted by Crippen LogP contribution is 2.38. The van der Waals surface area contributed by atoms with E-state index in [1.165, 1.54) is 6.07 Å². The lowest BCUT2D eigenvalue weighted by Crippen LogP contribution is -2.09. The Morgan fingerprint density at radius 2 is 1.91 bits per heavy atom. The predicted molar refractivity (Wildman–Crippen MR) is 72.1 cm³/mol. The molecule has 22 heavy (non-hydrogen) atoms. The summed E-state index contributed by atoms with van der Waals surface area (Å²) in [6, 6.07) is 2.26. The molecule has 0 bridgehead atoms. The van der Waals surface area contributed by atoms with Gasteiger partial charge in [0.25, 0.3) is 0 Å². The highest BCUT2D eigenvalue weighted by atomic mass is 19.4. The van der Waals surface area contributed by atoms with Crippen molar-refractivity contribution in [3.63, 3.8) is 0 Å². The molecular weight excluding hydrogens is 297 g/mol. The van der Waals surface area contributed by atoms with Gasteiger partial charge in [-0.3, -0.25) is 0 Å². The van der Waals surface area contributed by atoms with Crippen LogP contribution in [0, 0.1) is 5.92 Å². The smallest absolute Gasteiger partial charge is 0.346 e. The molecule has 2 heterocycles. The molecule has 1 saturated heterocycles. The lowest BCUT2D eigenvalue weighted by Gasteiger charge is -2.14. The summed E-state index contributed by atoms with van der Waals surface area (Å²) in [5, 5.41) is 0. The van der Waals surface area contributed by atoms with Crippen LogP contribution in [0.1, 0.15) is 30.3 Å². The molecule has 2 aromatic rings. The standard InChI is InChI=1S/C15H15F3N2O2/c16-15(17,18)10-5-11(14-21-3-4-22-14)13-12(6-10)20(8-19-13)7-9-1-2-9/h5-6,8-9,14H,1-4,7H2. The van der Waals surface area contributed by atoms with E-state index < -0.39 is 18.0 Å². The van der Waals surface area contributed by atoms with Crippen molar-refractivity contribution in [3.8, 4) is 0 Å². The summed E-state index contributed by atoms with van der Waals surface area (Å²) in [6.07, 6.45) is -1.31. The van der Waals surface area contributed by atoms with Crippen LogP contribution in [-0.4, -0.2) is 22.8 Å². The minimum absolute atomic E-state index is 0.358. The van der Waals surface area contributed by atoms with E-state index in [4.69, 9.17) is 9.47 Å². The highest BCUT2D eigenvalue weighted by molar-refractivity contribution is 5.80. The molecule has 118 valence electrons. The second-order valence-corrected chi connectivity index (χ2v) is 5.84.